The first kappa shape index (κ1) is 25.9. The van der Waals surface area contributed by atoms with Crippen LogP contribution < -0.4 is 0 Å². The number of unbranched alkanes of at least 4 members (excludes halogenated alkanes) is 9. The first-order chi connectivity index (χ1) is 13.1. The standard InChI is InChI=1S/C24H45NO2/c1-5-6-7-8-9-10-11-12-13-14-15-16-17-18-19-20-21-24(26)27-23(2)22-25(3)4/h9-10,12-13,23H,5-8,11,14-22H2,1-4H3/b10-9-,13-12-. The molecule has 0 N–H and O–H groups in total. The maximum absolute atomic E-state index is 11.7. The predicted octanol–water partition coefficient (Wildman–Crippen LogP) is 6.68. The van der Waals surface area contributed by atoms with E-state index in [1.807, 2.05) is 25.9 Å². The summed E-state index contributed by atoms with van der Waals surface area (Å²) in [4.78, 5) is 13.8. The molecule has 0 aromatic heterocycles. The van der Waals surface area contributed by atoms with Gasteiger partial charge in [0.25, 0.3) is 0 Å². The number of hydrogen-bond acceptors (Lipinski definition) is 3. The lowest BCUT2D eigenvalue weighted by Gasteiger charge is -2.17. The average molecular weight is 380 g/mol. The van der Waals surface area contributed by atoms with E-state index in [9.17, 15) is 4.79 Å². The number of carbonyl (C=O) groups is 1. The van der Waals surface area contributed by atoms with Gasteiger partial charge in [0.1, 0.15) is 6.10 Å². The van der Waals surface area contributed by atoms with E-state index in [0.29, 0.717) is 6.42 Å². The summed E-state index contributed by atoms with van der Waals surface area (Å²) in [5.41, 5.74) is 0. The molecular formula is C24H45NO2. The zero-order valence-electron chi connectivity index (χ0n) is 18.5. The summed E-state index contributed by atoms with van der Waals surface area (Å²) in [5.74, 6) is -0.0473. The highest BCUT2D eigenvalue weighted by atomic mass is 16.5. The van der Waals surface area contributed by atoms with Crippen molar-refractivity contribution in [1.82, 2.24) is 4.90 Å². The van der Waals surface area contributed by atoms with Crippen LogP contribution in [0.4, 0.5) is 0 Å². The molecule has 0 saturated heterocycles. The molecule has 0 amide bonds. The van der Waals surface area contributed by atoms with E-state index >= 15 is 0 Å². The molecule has 0 heterocycles. The third-order valence-corrected chi connectivity index (χ3v) is 4.54. The highest BCUT2D eigenvalue weighted by molar-refractivity contribution is 5.69. The summed E-state index contributed by atoms with van der Waals surface area (Å²) in [6.45, 7) is 4.99. The smallest absolute Gasteiger partial charge is 0.306 e. The normalized spacial score (nSPS) is 13.1. The van der Waals surface area contributed by atoms with Crippen LogP contribution >= 0.6 is 0 Å². The van der Waals surface area contributed by atoms with Crippen molar-refractivity contribution in [3.05, 3.63) is 24.3 Å². The minimum Gasteiger partial charge on any atom is -0.461 e. The summed E-state index contributed by atoms with van der Waals surface area (Å²) in [6, 6.07) is 0. The Morgan fingerprint density at radius 2 is 1.41 bits per heavy atom. The molecule has 0 bridgehead atoms. The predicted molar refractivity (Wildman–Crippen MR) is 118 cm³/mol. The number of nitrogens with zero attached hydrogens (tertiary/aromatic N) is 1. The first-order valence-corrected chi connectivity index (χ1v) is 11.2. The number of ether oxygens (including phenoxy) is 1. The lowest BCUT2D eigenvalue weighted by Crippen LogP contribution is -2.27. The van der Waals surface area contributed by atoms with Crippen LogP contribution in [-0.2, 0) is 9.53 Å². The van der Waals surface area contributed by atoms with Gasteiger partial charge in [-0.1, -0.05) is 69.8 Å². The van der Waals surface area contributed by atoms with Crippen molar-refractivity contribution < 1.29 is 9.53 Å². The molecule has 3 nitrogen and oxygen atoms in total. The Bertz CT molecular complexity index is 388. The van der Waals surface area contributed by atoms with E-state index < -0.39 is 0 Å². The molecule has 1 unspecified atom stereocenters. The van der Waals surface area contributed by atoms with Crippen LogP contribution in [-0.4, -0.2) is 37.6 Å². The molecular weight excluding hydrogens is 334 g/mol. The molecule has 0 aromatic carbocycles. The van der Waals surface area contributed by atoms with Crippen LogP contribution in [0.15, 0.2) is 24.3 Å². The van der Waals surface area contributed by atoms with Crippen molar-refractivity contribution in [2.45, 2.75) is 103 Å². The van der Waals surface area contributed by atoms with Crippen molar-refractivity contribution in [1.29, 1.82) is 0 Å². The van der Waals surface area contributed by atoms with Crippen LogP contribution in [0.3, 0.4) is 0 Å². The van der Waals surface area contributed by atoms with Crippen molar-refractivity contribution >= 4 is 5.97 Å². The third-order valence-electron chi connectivity index (χ3n) is 4.54. The fraction of sp³-hybridized carbons (Fsp3) is 0.792. The largest absolute Gasteiger partial charge is 0.461 e. The number of esters is 1. The lowest BCUT2D eigenvalue weighted by molar-refractivity contribution is -0.148. The molecule has 0 aromatic rings. The van der Waals surface area contributed by atoms with Crippen molar-refractivity contribution in [2.24, 2.45) is 0 Å². The summed E-state index contributed by atoms with van der Waals surface area (Å²) >= 11 is 0. The fourth-order valence-corrected chi connectivity index (χ4v) is 3.09. The van der Waals surface area contributed by atoms with Gasteiger partial charge in [-0.05, 0) is 59.5 Å². The van der Waals surface area contributed by atoms with Gasteiger partial charge in [-0.3, -0.25) is 4.79 Å². The molecule has 0 aliphatic carbocycles. The van der Waals surface area contributed by atoms with Gasteiger partial charge in [0.15, 0.2) is 0 Å². The quantitative estimate of drug-likeness (QED) is 0.151. The molecule has 0 aliphatic rings. The summed E-state index contributed by atoms with van der Waals surface area (Å²) in [5, 5.41) is 0. The number of rotatable bonds is 18. The topological polar surface area (TPSA) is 29.5 Å². The van der Waals surface area contributed by atoms with E-state index in [4.69, 9.17) is 4.74 Å². The first-order valence-electron chi connectivity index (χ1n) is 11.2. The van der Waals surface area contributed by atoms with Crippen LogP contribution in [0.5, 0.6) is 0 Å². The molecule has 0 fully saturated rings. The Kier molecular flexibility index (Phi) is 18.9. The molecule has 0 saturated carbocycles. The molecule has 0 aliphatic heterocycles. The van der Waals surface area contributed by atoms with Crippen LogP contribution in [0, 0.1) is 0 Å². The minimum atomic E-state index is -0.0473. The van der Waals surface area contributed by atoms with E-state index in [-0.39, 0.29) is 12.1 Å². The summed E-state index contributed by atoms with van der Waals surface area (Å²) < 4.78 is 5.39. The van der Waals surface area contributed by atoms with Gasteiger partial charge in [-0.2, -0.15) is 0 Å². The van der Waals surface area contributed by atoms with Gasteiger partial charge in [0.05, 0.1) is 0 Å². The fourth-order valence-electron chi connectivity index (χ4n) is 3.09. The van der Waals surface area contributed by atoms with Crippen molar-refractivity contribution in [2.75, 3.05) is 20.6 Å². The zero-order valence-corrected chi connectivity index (χ0v) is 18.5. The van der Waals surface area contributed by atoms with Crippen LogP contribution in [0.2, 0.25) is 0 Å². The Morgan fingerprint density at radius 1 is 0.852 bits per heavy atom. The summed E-state index contributed by atoms with van der Waals surface area (Å²) in [6.07, 6.45) is 24.4. The van der Waals surface area contributed by atoms with E-state index in [1.165, 1.54) is 57.8 Å². The molecule has 3 heteroatoms. The van der Waals surface area contributed by atoms with E-state index in [0.717, 1.165) is 25.8 Å². The third kappa shape index (κ3) is 21.1. The maximum Gasteiger partial charge on any atom is 0.306 e. The SMILES string of the molecule is CCCCC/C=C\C/C=C\CCCCCCCCC(=O)OC(C)CN(C)C. The molecule has 27 heavy (non-hydrogen) atoms. The van der Waals surface area contributed by atoms with E-state index in [2.05, 4.69) is 31.2 Å². The second-order valence-corrected chi connectivity index (χ2v) is 7.90. The molecule has 0 spiro atoms. The van der Waals surface area contributed by atoms with Gasteiger partial charge in [0, 0.05) is 13.0 Å². The minimum absolute atomic E-state index is 0.0166. The van der Waals surface area contributed by atoms with Gasteiger partial charge in [0.2, 0.25) is 0 Å². The van der Waals surface area contributed by atoms with Gasteiger partial charge in [-0.25, -0.2) is 0 Å². The molecule has 1 atom stereocenters. The Balaban J connectivity index is 3.35. The lowest BCUT2D eigenvalue weighted by atomic mass is 10.1. The number of likely N-dealkylation sites (N-methyl/N-ethyl adjacent to an activating group) is 1. The maximum atomic E-state index is 11.7. The second kappa shape index (κ2) is 19.7. The summed E-state index contributed by atoms with van der Waals surface area (Å²) in [7, 11) is 3.99. The van der Waals surface area contributed by atoms with Gasteiger partial charge < -0.3 is 9.64 Å². The highest BCUT2D eigenvalue weighted by Crippen LogP contribution is 2.10. The Labute approximate surface area is 169 Å². The monoisotopic (exact) mass is 379 g/mol. The molecule has 0 radical (unpaired) electrons. The number of hydrogen-bond donors (Lipinski definition) is 0. The Hall–Kier alpha value is -1.09. The van der Waals surface area contributed by atoms with Crippen LogP contribution in [0.1, 0.15) is 97.3 Å². The Morgan fingerprint density at radius 3 is 2.00 bits per heavy atom. The van der Waals surface area contributed by atoms with E-state index in [1.54, 1.807) is 0 Å². The van der Waals surface area contributed by atoms with Crippen molar-refractivity contribution in [3.8, 4) is 0 Å². The highest BCUT2D eigenvalue weighted by Gasteiger charge is 2.09. The zero-order chi connectivity index (χ0) is 20.2. The van der Waals surface area contributed by atoms with Gasteiger partial charge >= 0.3 is 5.97 Å². The van der Waals surface area contributed by atoms with Crippen LogP contribution in [0.25, 0.3) is 0 Å². The number of carbonyl (C=O) groups excluding carboxylic acids is 1. The molecule has 0 rings (SSSR count). The van der Waals surface area contributed by atoms with Crippen molar-refractivity contribution in [3.63, 3.8) is 0 Å². The van der Waals surface area contributed by atoms with Gasteiger partial charge in [-0.15, -0.1) is 0 Å². The average Bonchev–Trinajstić information content (AvgIpc) is 2.60. The second-order valence-electron chi connectivity index (χ2n) is 7.90. The molecule has 158 valence electrons. The number of allylic oxidation sites excluding steroid dienone is 4.